The molecule has 122 valence electrons. The molecule has 0 aliphatic carbocycles. The number of esters is 1. The first-order valence-electron chi connectivity index (χ1n) is 7.18. The molecule has 0 amide bonds. The molecule has 5 nitrogen and oxygen atoms in total. The third kappa shape index (κ3) is 3.55. The quantitative estimate of drug-likeness (QED) is 0.143. The van der Waals surface area contributed by atoms with Crippen molar-refractivity contribution in [1.29, 1.82) is 0 Å². The third-order valence-corrected chi connectivity index (χ3v) is 5.84. The summed E-state index contributed by atoms with van der Waals surface area (Å²) in [5, 5.41) is 0. The number of quaternary nitrogens is 1. The lowest BCUT2D eigenvalue weighted by Gasteiger charge is -2.42. The van der Waals surface area contributed by atoms with Gasteiger partial charge in [-0.05, 0) is 13.8 Å². The Balaban J connectivity index is 0.00000220. The predicted molar refractivity (Wildman–Crippen MR) is 82.7 cm³/mol. The fraction of sp³-hybridized carbons (Fsp3) is 0.857. The van der Waals surface area contributed by atoms with Gasteiger partial charge in [-0.25, -0.2) is 0 Å². The average molecular weight is 523 g/mol. The Morgan fingerprint density at radius 1 is 1.38 bits per heavy atom. The van der Waals surface area contributed by atoms with Gasteiger partial charge < -0.3 is 37.9 Å². The molecule has 0 N–H and O–H groups in total. The molecule has 2 rings (SSSR count). The molecule has 2 atom stereocenters. The van der Waals surface area contributed by atoms with Gasteiger partial charge in [-0.3, -0.25) is 9.59 Å². The van der Waals surface area contributed by atoms with Gasteiger partial charge in [-0.2, -0.15) is 0 Å². The van der Waals surface area contributed by atoms with E-state index in [2.05, 4.69) is 22.6 Å². The molecule has 2 fully saturated rings. The summed E-state index contributed by atoms with van der Waals surface area (Å²) in [6.07, 6.45) is 0.615. The molecule has 2 saturated heterocycles. The summed E-state index contributed by atoms with van der Waals surface area (Å²) in [7, 11) is 0. The Labute approximate surface area is 156 Å². The summed E-state index contributed by atoms with van der Waals surface area (Å²) in [4.78, 5) is 24.6. The number of halogens is 2. The van der Waals surface area contributed by atoms with Gasteiger partial charge in [-0.1, -0.05) is 22.6 Å². The van der Waals surface area contributed by atoms with Crippen molar-refractivity contribution in [2.24, 2.45) is 5.41 Å². The van der Waals surface area contributed by atoms with Crippen LogP contribution >= 0.6 is 22.6 Å². The molecular formula is C14H23I2NO4. The van der Waals surface area contributed by atoms with E-state index in [0.29, 0.717) is 38.8 Å². The molecule has 2 unspecified atom stereocenters. The van der Waals surface area contributed by atoms with Crippen molar-refractivity contribution >= 4 is 34.3 Å². The third-order valence-electron chi connectivity index (χ3n) is 4.82. The molecule has 21 heavy (non-hydrogen) atoms. The van der Waals surface area contributed by atoms with Crippen LogP contribution in [-0.2, 0) is 19.1 Å². The van der Waals surface area contributed by atoms with Gasteiger partial charge in [0.2, 0.25) is 0 Å². The van der Waals surface area contributed by atoms with E-state index in [9.17, 15) is 9.59 Å². The van der Waals surface area contributed by atoms with Crippen LogP contribution in [0.2, 0.25) is 0 Å². The van der Waals surface area contributed by atoms with Crippen molar-refractivity contribution in [3.63, 3.8) is 0 Å². The van der Waals surface area contributed by atoms with Gasteiger partial charge in [0.25, 0.3) is 0 Å². The van der Waals surface area contributed by atoms with E-state index in [1.165, 1.54) is 6.92 Å². The Hall–Kier alpha value is 0.520. The van der Waals surface area contributed by atoms with Crippen molar-refractivity contribution in [1.82, 2.24) is 0 Å². The van der Waals surface area contributed by atoms with Crippen LogP contribution in [0.3, 0.4) is 0 Å². The standard InChI is InChI=1S/C14H23INO4.HI/c1-3-20-13(18)14(11(2)17)8-12(9-15)16(10-14)4-6-19-7-5-16;/h12H,3-10H2,1-2H3;1H/q+1;/p-1. The second-order valence-electron chi connectivity index (χ2n) is 5.81. The van der Waals surface area contributed by atoms with Gasteiger partial charge in [0.1, 0.15) is 25.7 Å². The number of morpholine rings is 1. The predicted octanol–water partition coefficient (Wildman–Crippen LogP) is -1.82. The number of rotatable bonds is 4. The number of hydrogen-bond donors (Lipinski definition) is 0. The molecule has 0 aromatic rings. The molecule has 0 bridgehead atoms. The number of nitrogens with zero attached hydrogens (tertiary/aromatic N) is 1. The summed E-state index contributed by atoms with van der Waals surface area (Å²) < 4.78 is 12.5. The highest BCUT2D eigenvalue weighted by Crippen LogP contribution is 2.43. The lowest BCUT2D eigenvalue weighted by molar-refractivity contribution is -0.944. The smallest absolute Gasteiger partial charge is 0.325 e. The van der Waals surface area contributed by atoms with Crippen LogP contribution in [0.15, 0.2) is 0 Å². The SMILES string of the molecule is CCOC(=O)C1(C(C)=O)CC(CI)[N+]2(CCOCC2)C1.[I-]. The van der Waals surface area contributed by atoms with Gasteiger partial charge in [0.15, 0.2) is 11.2 Å². The first-order chi connectivity index (χ1) is 9.50. The van der Waals surface area contributed by atoms with Gasteiger partial charge >= 0.3 is 5.97 Å². The highest BCUT2D eigenvalue weighted by molar-refractivity contribution is 14.1. The normalized spacial score (nSPS) is 30.7. The number of Topliss-reactive ketones (excluding diaryl/α,β-unsaturated/α-hetero) is 1. The minimum atomic E-state index is -0.941. The minimum Gasteiger partial charge on any atom is -1.00 e. The van der Waals surface area contributed by atoms with Gasteiger partial charge in [0, 0.05) is 6.42 Å². The molecule has 0 aromatic carbocycles. The number of ether oxygens (including phenoxy) is 2. The first kappa shape index (κ1) is 19.6. The number of hydrogen-bond acceptors (Lipinski definition) is 4. The second-order valence-corrected chi connectivity index (χ2v) is 6.69. The zero-order chi connectivity index (χ0) is 14.8. The van der Waals surface area contributed by atoms with Gasteiger partial charge in [0.05, 0.1) is 24.2 Å². The van der Waals surface area contributed by atoms with E-state index >= 15 is 0 Å². The largest absolute Gasteiger partial charge is 1.00 e. The van der Waals surface area contributed by atoms with E-state index in [1.807, 2.05) is 0 Å². The Kier molecular flexibility index (Phi) is 7.33. The zero-order valence-corrected chi connectivity index (χ0v) is 16.9. The maximum Gasteiger partial charge on any atom is 0.325 e. The molecule has 0 saturated carbocycles. The summed E-state index contributed by atoms with van der Waals surface area (Å²) in [6, 6.07) is 0.341. The number of carbonyl (C=O) groups is 2. The monoisotopic (exact) mass is 523 g/mol. The van der Waals surface area contributed by atoms with Crippen molar-refractivity contribution in [3.8, 4) is 0 Å². The van der Waals surface area contributed by atoms with E-state index in [1.54, 1.807) is 6.92 Å². The number of ketones is 1. The van der Waals surface area contributed by atoms with Crippen molar-refractivity contribution < 1.29 is 47.5 Å². The lowest BCUT2D eigenvalue weighted by atomic mass is 9.82. The van der Waals surface area contributed by atoms with Crippen LogP contribution in [0, 0.1) is 5.41 Å². The molecule has 2 aliphatic rings. The van der Waals surface area contributed by atoms with Crippen LogP contribution in [0.4, 0.5) is 0 Å². The van der Waals surface area contributed by atoms with E-state index in [-0.39, 0.29) is 35.7 Å². The molecular weight excluding hydrogens is 500 g/mol. The number of alkyl halides is 1. The fourth-order valence-electron chi connectivity index (χ4n) is 3.57. The van der Waals surface area contributed by atoms with Crippen LogP contribution in [-0.4, -0.2) is 66.2 Å². The maximum absolute atomic E-state index is 12.4. The molecule has 2 aliphatic heterocycles. The summed E-state index contributed by atoms with van der Waals surface area (Å²) in [5.74, 6) is -0.379. The Bertz CT molecular complexity index is 398. The summed E-state index contributed by atoms with van der Waals surface area (Å²) in [6.45, 7) is 7.43. The van der Waals surface area contributed by atoms with Crippen LogP contribution in [0.5, 0.6) is 0 Å². The lowest BCUT2D eigenvalue weighted by Crippen LogP contribution is -3.00. The van der Waals surface area contributed by atoms with Crippen LogP contribution in [0.1, 0.15) is 20.3 Å². The average Bonchev–Trinajstić information content (AvgIpc) is 2.75. The fourth-order valence-corrected chi connectivity index (χ4v) is 4.72. The summed E-state index contributed by atoms with van der Waals surface area (Å²) in [5.41, 5.74) is -0.941. The van der Waals surface area contributed by atoms with E-state index in [0.717, 1.165) is 22.0 Å². The summed E-state index contributed by atoms with van der Waals surface area (Å²) >= 11 is 2.37. The first-order valence-corrected chi connectivity index (χ1v) is 8.71. The van der Waals surface area contributed by atoms with Crippen molar-refractivity contribution in [2.45, 2.75) is 26.3 Å². The molecule has 0 radical (unpaired) electrons. The highest BCUT2D eigenvalue weighted by Gasteiger charge is 2.62. The zero-order valence-electron chi connectivity index (χ0n) is 12.6. The Morgan fingerprint density at radius 3 is 2.48 bits per heavy atom. The molecule has 0 aromatic heterocycles. The number of carbonyl (C=O) groups excluding carboxylic acids is 2. The second kappa shape index (κ2) is 7.87. The Morgan fingerprint density at radius 2 is 2.00 bits per heavy atom. The molecule has 1 spiro atoms. The van der Waals surface area contributed by atoms with E-state index < -0.39 is 5.41 Å². The van der Waals surface area contributed by atoms with E-state index in [4.69, 9.17) is 9.47 Å². The van der Waals surface area contributed by atoms with Crippen molar-refractivity contribution in [2.75, 3.05) is 43.9 Å². The maximum atomic E-state index is 12.4. The van der Waals surface area contributed by atoms with Gasteiger partial charge in [-0.15, -0.1) is 0 Å². The van der Waals surface area contributed by atoms with Crippen molar-refractivity contribution in [3.05, 3.63) is 0 Å². The minimum absolute atomic E-state index is 0. The highest BCUT2D eigenvalue weighted by atomic mass is 127. The van der Waals surface area contributed by atoms with Crippen LogP contribution in [0.25, 0.3) is 0 Å². The molecule has 7 heteroatoms. The molecule has 2 heterocycles. The topological polar surface area (TPSA) is 52.6 Å². The van der Waals surface area contributed by atoms with Crippen LogP contribution < -0.4 is 24.0 Å².